The Morgan fingerprint density at radius 3 is 2.70 bits per heavy atom. The highest BCUT2D eigenvalue weighted by Gasteiger charge is 2.20. The second kappa shape index (κ2) is 5.75. The van der Waals surface area contributed by atoms with Crippen LogP contribution in [0, 0.1) is 12.8 Å². The van der Waals surface area contributed by atoms with Gasteiger partial charge in [0.15, 0.2) is 0 Å². The SMILES string of the molecule is Cc1nc2ccccc2nc1NC(C)C1CCCNC1. The molecule has 1 fully saturated rings. The summed E-state index contributed by atoms with van der Waals surface area (Å²) in [4.78, 5) is 9.35. The molecule has 2 unspecified atom stereocenters. The highest BCUT2D eigenvalue weighted by atomic mass is 15.1. The standard InChI is InChI=1S/C16H22N4/c1-11(13-6-5-9-17-10-13)19-16-12(2)18-14-7-3-4-8-15(14)20-16/h3-4,7-8,11,13,17H,5-6,9-10H2,1-2H3,(H,19,20). The van der Waals surface area contributed by atoms with Gasteiger partial charge in [0.05, 0.1) is 16.7 Å². The average Bonchev–Trinajstić information content (AvgIpc) is 2.49. The Morgan fingerprint density at radius 1 is 1.25 bits per heavy atom. The molecule has 0 bridgehead atoms. The van der Waals surface area contributed by atoms with Crippen LogP contribution in [0.1, 0.15) is 25.5 Å². The molecule has 2 atom stereocenters. The smallest absolute Gasteiger partial charge is 0.148 e. The molecular weight excluding hydrogens is 248 g/mol. The van der Waals surface area contributed by atoms with Crippen molar-refractivity contribution in [3.63, 3.8) is 0 Å². The van der Waals surface area contributed by atoms with Gasteiger partial charge in [0.25, 0.3) is 0 Å². The largest absolute Gasteiger partial charge is 0.366 e. The summed E-state index contributed by atoms with van der Waals surface area (Å²) < 4.78 is 0. The molecule has 0 spiro atoms. The van der Waals surface area contributed by atoms with E-state index in [0.29, 0.717) is 12.0 Å². The Labute approximate surface area is 120 Å². The van der Waals surface area contributed by atoms with E-state index in [1.807, 2.05) is 31.2 Å². The Balaban J connectivity index is 1.80. The van der Waals surface area contributed by atoms with Gasteiger partial charge >= 0.3 is 0 Å². The Bertz CT molecular complexity index is 590. The van der Waals surface area contributed by atoms with Crippen LogP contribution in [0.4, 0.5) is 5.82 Å². The van der Waals surface area contributed by atoms with Crippen LogP contribution in [0.3, 0.4) is 0 Å². The summed E-state index contributed by atoms with van der Waals surface area (Å²) in [5.41, 5.74) is 2.89. The maximum atomic E-state index is 4.72. The summed E-state index contributed by atoms with van der Waals surface area (Å²) in [6.07, 6.45) is 2.54. The maximum absolute atomic E-state index is 4.72. The number of aryl methyl sites for hydroxylation is 1. The number of piperidine rings is 1. The van der Waals surface area contributed by atoms with Crippen LogP contribution < -0.4 is 10.6 Å². The fourth-order valence-corrected chi connectivity index (χ4v) is 2.86. The summed E-state index contributed by atoms with van der Waals surface area (Å²) in [6.45, 7) is 6.51. The lowest BCUT2D eigenvalue weighted by molar-refractivity contribution is 0.346. The Morgan fingerprint density at radius 2 is 2.00 bits per heavy atom. The number of nitrogens with one attached hydrogen (secondary N) is 2. The van der Waals surface area contributed by atoms with E-state index >= 15 is 0 Å². The molecule has 0 radical (unpaired) electrons. The number of hydrogen-bond donors (Lipinski definition) is 2. The van der Waals surface area contributed by atoms with Crippen molar-refractivity contribution in [2.45, 2.75) is 32.7 Å². The molecule has 0 amide bonds. The summed E-state index contributed by atoms with van der Waals surface area (Å²) in [5, 5.41) is 7.03. The fourth-order valence-electron chi connectivity index (χ4n) is 2.86. The second-order valence-corrected chi connectivity index (χ2v) is 5.69. The molecule has 0 saturated carbocycles. The van der Waals surface area contributed by atoms with Gasteiger partial charge in [-0.15, -0.1) is 0 Å². The second-order valence-electron chi connectivity index (χ2n) is 5.69. The number of benzene rings is 1. The molecule has 2 N–H and O–H groups in total. The number of fused-ring (bicyclic) bond motifs is 1. The lowest BCUT2D eigenvalue weighted by Gasteiger charge is -2.29. The monoisotopic (exact) mass is 270 g/mol. The maximum Gasteiger partial charge on any atom is 0.148 e. The van der Waals surface area contributed by atoms with Gasteiger partial charge in [-0.2, -0.15) is 0 Å². The molecule has 4 nitrogen and oxygen atoms in total. The lowest BCUT2D eigenvalue weighted by atomic mass is 9.93. The minimum atomic E-state index is 0.414. The molecule has 3 rings (SSSR count). The molecule has 20 heavy (non-hydrogen) atoms. The average molecular weight is 270 g/mol. The molecule has 1 saturated heterocycles. The first-order valence-corrected chi connectivity index (χ1v) is 7.44. The molecule has 4 heteroatoms. The first-order valence-electron chi connectivity index (χ1n) is 7.44. The normalized spacial score (nSPS) is 20.8. The number of hydrogen-bond acceptors (Lipinski definition) is 4. The summed E-state index contributed by atoms with van der Waals surface area (Å²) >= 11 is 0. The van der Waals surface area contributed by atoms with Gasteiger partial charge in [0, 0.05) is 6.04 Å². The third-order valence-electron chi connectivity index (χ3n) is 4.15. The van der Waals surface area contributed by atoms with Crippen molar-refractivity contribution in [1.29, 1.82) is 0 Å². The van der Waals surface area contributed by atoms with Gasteiger partial charge in [-0.1, -0.05) is 12.1 Å². The van der Waals surface area contributed by atoms with Crippen molar-refractivity contribution in [1.82, 2.24) is 15.3 Å². The van der Waals surface area contributed by atoms with E-state index in [2.05, 4.69) is 22.5 Å². The number of aromatic nitrogens is 2. The number of para-hydroxylation sites is 2. The Kier molecular flexibility index (Phi) is 3.83. The van der Waals surface area contributed by atoms with Gasteiger partial charge in [-0.3, -0.25) is 0 Å². The summed E-state index contributed by atoms with van der Waals surface area (Å²) in [6, 6.07) is 8.44. The van der Waals surface area contributed by atoms with Gasteiger partial charge in [0.2, 0.25) is 0 Å². The highest BCUT2D eigenvalue weighted by molar-refractivity contribution is 5.76. The van der Waals surface area contributed by atoms with Gasteiger partial charge < -0.3 is 10.6 Å². The van der Waals surface area contributed by atoms with E-state index in [0.717, 1.165) is 35.6 Å². The molecule has 1 aliphatic heterocycles. The minimum Gasteiger partial charge on any atom is -0.366 e. The van der Waals surface area contributed by atoms with Crippen LogP contribution >= 0.6 is 0 Å². The third kappa shape index (κ3) is 2.75. The van der Waals surface area contributed by atoms with Gasteiger partial charge in [-0.25, -0.2) is 9.97 Å². The van der Waals surface area contributed by atoms with Crippen molar-refractivity contribution in [3.05, 3.63) is 30.0 Å². The quantitative estimate of drug-likeness (QED) is 0.900. The van der Waals surface area contributed by atoms with Gasteiger partial charge in [-0.05, 0) is 57.8 Å². The molecular formula is C16H22N4. The van der Waals surface area contributed by atoms with Crippen molar-refractivity contribution in [2.24, 2.45) is 5.92 Å². The minimum absolute atomic E-state index is 0.414. The van der Waals surface area contributed by atoms with Gasteiger partial charge in [0.1, 0.15) is 5.82 Å². The van der Waals surface area contributed by atoms with Crippen LogP contribution in [0.15, 0.2) is 24.3 Å². The topological polar surface area (TPSA) is 49.8 Å². The number of rotatable bonds is 3. The van der Waals surface area contributed by atoms with E-state index in [1.54, 1.807) is 0 Å². The van der Waals surface area contributed by atoms with Crippen LogP contribution in [0.5, 0.6) is 0 Å². The highest BCUT2D eigenvalue weighted by Crippen LogP contribution is 2.21. The van der Waals surface area contributed by atoms with E-state index < -0.39 is 0 Å². The predicted molar refractivity (Wildman–Crippen MR) is 83.0 cm³/mol. The molecule has 2 aromatic rings. The van der Waals surface area contributed by atoms with Crippen LogP contribution in [-0.4, -0.2) is 29.1 Å². The van der Waals surface area contributed by atoms with Crippen LogP contribution in [0.2, 0.25) is 0 Å². The summed E-state index contributed by atoms with van der Waals surface area (Å²) in [5.74, 6) is 1.58. The van der Waals surface area contributed by atoms with E-state index in [-0.39, 0.29) is 0 Å². The Hall–Kier alpha value is -1.68. The van der Waals surface area contributed by atoms with Crippen molar-refractivity contribution < 1.29 is 0 Å². The van der Waals surface area contributed by atoms with Crippen LogP contribution in [0.25, 0.3) is 11.0 Å². The molecule has 0 aliphatic carbocycles. The van der Waals surface area contributed by atoms with Crippen LogP contribution in [-0.2, 0) is 0 Å². The third-order valence-corrected chi connectivity index (χ3v) is 4.15. The molecule has 1 aromatic carbocycles. The molecule has 1 aliphatic rings. The van der Waals surface area contributed by atoms with E-state index in [1.165, 1.54) is 12.8 Å². The zero-order valence-electron chi connectivity index (χ0n) is 12.2. The van der Waals surface area contributed by atoms with Crippen molar-refractivity contribution in [3.8, 4) is 0 Å². The summed E-state index contributed by atoms with van der Waals surface area (Å²) in [7, 11) is 0. The number of anilines is 1. The predicted octanol–water partition coefficient (Wildman–Crippen LogP) is 2.74. The van der Waals surface area contributed by atoms with E-state index in [9.17, 15) is 0 Å². The fraction of sp³-hybridized carbons (Fsp3) is 0.500. The zero-order valence-corrected chi connectivity index (χ0v) is 12.2. The molecule has 106 valence electrons. The first kappa shape index (κ1) is 13.3. The molecule has 2 heterocycles. The number of nitrogens with zero attached hydrogens (tertiary/aromatic N) is 2. The lowest BCUT2D eigenvalue weighted by Crippen LogP contribution is -2.39. The van der Waals surface area contributed by atoms with Crippen molar-refractivity contribution in [2.75, 3.05) is 18.4 Å². The zero-order chi connectivity index (χ0) is 13.9. The van der Waals surface area contributed by atoms with E-state index in [4.69, 9.17) is 4.98 Å². The molecule has 1 aromatic heterocycles. The first-order chi connectivity index (χ1) is 9.74. The van der Waals surface area contributed by atoms with Crippen molar-refractivity contribution >= 4 is 16.9 Å².